The lowest BCUT2D eigenvalue weighted by atomic mass is 9.98. The maximum atomic E-state index is 14.1. The van der Waals surface area contributed by atoms with Crippen LogP contribution in [0.5, 0.6) is 0 Å². The summed E-state index contributed by atoms with van der Waals surface area (Å²) in [5.74, 6) is -0.242. The van der Waals surface area contributed by atoms with E-state index in [-0.39, 0.29) is 5.82 Å². The van der Waals surface area contributed by atoms with Gasteiger partial charge in [0.25, 0.3) is 0 Å². The average molecular weight is 252 g/mol. The topological polar surface area (TPSA) is 38.9 Å². The molecule has 94 valence electrons. The van der Waals surface area contributed by atoms with E-state index in [4.69, 9.17) is 5.73 Å². The lowest BCUT2D eigenvalue weighted by Gasteiger charge is -2.09. The molecule has 0 spiro atoms. The van der Waals surface area contributed by atoms with Crippen molar-refractivity contribution in [1.29, 1.82) is 0 Å². The van der Waals surface area contributed by atoms with Gasteiger partial charge in [0.2, 0.25) is 0 Å². The normalized spacial score (nSPS) is 10.8. The van der Waals surface area contributed by atoms with E-state index < -0.39 is 0 Å². The van der Waals surface area contributed by atoms with Gasteiger partial charge in [-0.15, -0.1) is 0 Å². The molecule has 0 atom stereocenters. The smallest absolute Gasteiger partial charge is 0.131 e. The zero-order valence-corrected chi connectivity index (χ0v) is 10.3. The Morgan fingerprint density at radius 1 is 1.05 bits per heavy atom. The highest BCUT2D eigenvalue weighted by Gasteiger charge is 2.09. The summed E-state index contributed by atoms with van der Waals surface area (Å²) in [6.45, 7) is 0.399. The van der Waals surface area contributed by atoms with E-state index in [1.54, 1.807) is 24.5 Å². The van der Waals surface area contributed by atoms with Crippen LogP contribution >= 0.6 is 0 Å². The van der Waals surface area contributed by atoms with Gasteiger partial charge in [-0.05, 0) is 34.7 Å². The van der Waals surface area contributed by atoms with E-state index >= 15 is 0 Å². The Kier molecular flexibility index (Phi) is 2.97. The van der Waals surface area contributed by atoms with Crippen LogP contribution in [0.4, 0.5) is 4.39 Å². The Morgan fingerprint density at radius 3 is 2.79 bits per heavy atom. The van der Waals surface area contributed by atoms with E-state index in [1.807, 2.05) is 24.3 Å². The molecule has 0 fully saturated rings. The molecule has 2 N–H and O–H groups in total. The molecule has 0 amide bonds. The fourth-order valence-corrected chi connectivity index (χ4v) is 2.25. The summed E-state index contributed by atoms with van der Waals surface area (Å²) >= 11 is 0. The molecular formula is C16H13FN2. The minimum atomic E-state index is -0.242. The predicted octanol–water partition coefficient (Wildman–Crippen LogP) is 3.50. The number of nitrogens with two attached hydrogens (primary N) is 1. The highest BCUT2D eigenvalue weighted by molar-refractivity contribution is 5.96. The molecule has 0 unspecified atom stereocenters. The van der Waals surface area contributed by atoms with Crippen LogP contribution < -0.4 is 5.73 Å². The number of pyridine rings is 1. The molecule has 0 aliphatic rings. The fourth-order valence-electron chi connectivity index (χ4n) is 2.25. The standard InChI is InChI=1S/C16H13FN2/c17-16-5-4-11(9-18)8-14(16)13-3-1-2-12-6-7-19-10-15(12)13/h1-8,10H,9,18H2. The van der Waals surface area contributed by atoms with Crippen LogP contribution in [-0.4, -0.2) is 4.98 Å². The van der Waals surface area contributed by atoms with E-state index in [0.29, 0.717) is 12.1 Å². The van der Waals surface area contributed by atoms with Crippen molar-refractivity contribution in [3.63, 3.8) is 0 Å². The van der Waals surface area contributed by atoms with Crippen LogP contribution in [0.3, 0.4) is 0 Å². The summed E-state index contributed by atoms with van der Waals surface area (Å²) in [6, 6.07) is 12.7. The SMILES string of the molecule is NCc1ccc(F)c(-c2cccc3ccncc23)c1. The van der Waals surface area contributed by atoms with Crippen molar-refractivity contribution in [1.82, 2.24) is 4.98 Å². The largest absolute Gasteiger partial charge is 0.326 e. The van der Waals surface area contributed by atoms with Gasteiger partial charge in [-0.3, -0.25) is 4.98 Å². The zero-order chi connectivity index (χ0) is 13.2. The quantitative estimate of drug-likeness (QED) is 0.758. The van der Waals surface area contributed by atoms with E-state index in [9.17, 15) is 4.39 Å². The van der Waals surface area contributed by atoms with Gasteiger partial charge in [-0.2, -0.15) is 0 Å². The molecule has 0 saturated heterocycles. The van der Waals surface area contributed by atoms with Crippen LogP contribution in [-0.2, 0) is 6.54 Å². The molecule has 2 aromatic carbocycles. The highest BCUT2D eigenvalue weighted by atomic mass is 19.1. The third kappa shape index (κ3) is 2.09. The Morgan fingerprint density at radius 2 is 1.95 bits per heavy atom. The highest BCUT2D eigenvalue weighted by Crippen LogP contribution is 2.30. The summed E-state index contributed by atoms with van der Waals surface area (Å²) < 4.78 is 14.1. The molecule has 3 heteroatoms. The van der Waals surface area contributed by atoms with Crippen molar-refractivity contribution in [2.75, 3.05) is 0 Å². The molecule has 3 aromatic rings. The Hall–Kier alpha value is -2.26. The van der Waals surface area contributed by atoms with Gasteiger partial charge in [0.15, 0.2) is 0 Å². The van der Waals surface area contributed by atoms with Crippen LogP contribution in [0.1, 0.15) is 5.56 Å². The van der Waals surface area contributed by atoms with Gasteiger partial charge in [0.05, 0.1) is 0 Å². The summed E-state index contributed by atoms with van der Waals surface area (Å²) in [5, 5.41) is 1.99. The molecule has 0 saturated carbocycles. The zero-order valence-electron chi connectivity index (χ0n) is 10.3. The van der Waals surface area contributed by atoms with Gasteiger partial charge in [-0.1, -0.05) is 24.3 Å². The fraction of sp³-hybridized carbons (Fsp3) is 0.0625. The molecular weight excluding hydrogens is 239 g/mol. The number of hydrogen-bond acceptors (Lipinski definition) is 2. The van der Waals surface area contributed by atoms with Gasteiger partial charge >= 0.3 is 0 Å². The van der Waals surface area contributed by atoms with E-state index in [1.165, 1.54) is 6.07 Å². The number of halogens is 1. The molecule has 1 heterocycles. The summed E-state index contributed by atoms with van der Waals surface area (Å²) in [5.41, 5.74) is 7.96. The Labute approximate surface area is 110 Å². The summed E-state index contributed by atoms with van der Waals surface area (Å²) in [6.07, 6.45) is 3.50. The molecule has 3 rings (SSSR count). The van der Waals surface area contributed by atoms with E-state index in [0.717, 1.165) is 21.9 Å². The molecule has 1 aromatic heterocycles. The van der Waals surface area contributed by atoms with Gasteiger partial charge in [0, 0.05) is 29.9 Å². The second-order valence-corrected chi connectivity index (χ2v) is 4.42. The first kappa shape index (κ1) is 11.8. The van der Waals surface area contributed by atoms with Crippen LogP contribution in [0.2, 0.25) is 0 Å². The van der Waals surface area contributed by atoms with Crippen molar-refractivity contribution in [2.45, 2.75) is 6.54 Å². The molecule has 0 aliphatic carbocycles. The van der Waals surface area contributed by atoms with Crippen LogP contribution in [0.15, 0.2) is 54.9 Å². The first-order valence-corrected chi connectivity index (χ1v) is 6.11. The van der Waals surface area contributed by atoms with Crippen molar-refractivity contribution < 1.29 is 4.39 Å². The van der Waals surface area contributed by atoms with Crippen molar-refractivity contribution >= 4 is 10.8 Å². The number of hydrogen-bond donors (Lipinski definition) is 1. The molecule has 0 aliphatic heterocycles. The molecule has 2 nitrogen and oxygen atoms in total. The Bertz CT molecular complexity index is 732. The maximum Gasteiger partial charge on any atom is 0.131 e. The number of nitrogens with zero attached hydrogens (tertiary/aromatic N) is 1. The number of aromatic nitrogens is 1. The second kappa shape index (κ2) is 4.78. The van der Waals surface area contributed by atoms with Crippen molar-refractivity contribution in [2.24, 2.45) is 5.73 Å². The second-order valence-electron chi connectivity index (χ2n) is 4.42. The first-order valence-electron chi connectivity index (χ1n) is 6.11. The predicted molar refractivity (Wildman–Crippen MR) is 75.0 cm³/mol. The summed E-state index contributed by atoms with van der Waals surface area (Å²) in [7, 11) is 0. The third-order valence-electron chi connectivity index (χ3n) is 3.24. The molecule has 0 radical (unpaired) electrons. The average Bonchev–Trinajstić information content (AvgIpc) is 2.47. The Balaban J connectivity index is 2.30. The number of fused-ring (bicyclic) bond motifs is 1. The molecule has 0 bridgehead atoms. The lowest BCUT2D eigenvalue weighted by molar-refractivity contribution is 0.630. The monoisotopic (exact) mass is 252 g/mol. The summed E-state index contributed by atoms with van der Waals surface area (Å²) in [4.78, 5) is 4.12. The van der Waals surface area contributed by atoms with Gasteiger partial charge in [-0.25, -0.2) is 4.39 Å². The van der Waals surface area contributed by atoms with Crippen LogP contribution in [0, 0.1) is 5.82 Å². The number of benzene rings is 2. The van der Waals surface area contributed by atoms with Gasteiger partial charge in [0.1, 0.15) is 5.82 Å². The minimum absolute atomic E-state index is 0.242. The number of rotatable bonds is 2. The van der Waals surface area contributed by atoms with Gasteiger partial charge < -0.3 is 5.73 Å². The third-order valence-corrected chi connectivity index (χ3v) is 3.24. The molecule has 19 heavy (non-hydrogen) atoms. The van der Waals surface area contributed by atoms with Crippen molar-refractivity contribution in [3.05, 3.63) is 66.2 Å². The van der Waals surface area contributed by atoms with Crippen molar-refractivity contribution in [3.8, 4) is 11.1 Å². The first-order chi connectivity index (χ1) is 9.29. The minimum Gasteiger partial charge on any atom is -0.326 e. The van der Waals surface area contributed by atoms with E-state index in [2.05, 4.69) is 4.98 Å². The van der Waals surface area contributed by atoms with Crippen LogP contribution in [0.25, 0.3) is 21.9 Å². The maximum absolute atomic E-state index is 14.1. The lowest BCUT2D eigenvalue weighted by Crippen LogP contribution is -1.97.